The second kappa shape index (κ2) is 12.5. The van der Waals surface area contributed by atoms with E-state index >= 15 is 0 Å². The van der Waals surface area contributed by atoms with Gasteiger partial charge < -0.3 is 28.4 Å². The normalized spacial score (nSPS) is 19.8. The average Bonchev–Trinajstić information content (AvgIpc) is 3.52. The fourth-order valence-corrected chi connectivity index (χ4v) is 5.62. The van der Waals surface area contributed by atoms with Crippen LogP contribution < -0.4 is 18.9 Å². The largest absolute Gasteiger partial charge is 0.497 e. The first-order valence-corrected chi connectivity index (χ1v) is 14.2. The maximum atomic E-state index is 6.28. The number of nitrogens with zero attached hydrogens (tertiary/aromatic N) is 2. The zero-order chi connectivity index (χ0) is 28.0. The molecule has 0 saturated carbocycles. The van der Waals surface area contributed by atoms with Crippen molar-refractivity contribution in [2.24, 2.45) is 11.8 Å². The van der Waals surface area contributed by atoms with E-state index in [4.69, 9.17) is 23.5 Å². The molecule has 4 aromatic rings. The summed E-state index contributed by atoms with van der Waals surface area (Å²) in [5.74, 6) is 5.05. The summed E-state index contributed by atoms with van der Waals surface area (Å²) in [6, 6.07) is 23.5. The molecule has 0 amide bonds. The molecule has 0 spiro atoms. The van der Waals surface area contributed by atoms with Crippen LogP contribution in [0.4, 0.5) is 0 Å². The van der Waals surface area contributed by atoms with Gasteiger partial charge in [0.1, 0.15) is 30.4 Å². The van der Waals surface area contributed by atoms with Gasteiger partial charge in [-0.1, -0.05) is 35.5 Å². The molecule has 7 heteroatoms. The number of methoxy groups -OCH3 is 2. The first kappa shape index (κ1) is 27.0. The van der Waals surface area contributed by atoms with Gasteiger partial charge in [0.2, 0.25) is 0 Å². The van der Waals surface area contributed by atoms with E-state index in [1.54, 1.807) is 14.2 Å². The zero-order valence-electron chi connectivity index (χ0n) is 23.6. The van der Waals surface area contributed by atoms with Gasteiger partial charge in [0, 0.05) is 18.2 Å². The molecule has 3 aromatic carbocycles. The molecule has 4 heterocycles. The monoisotopic (exact) mass is 552 g/mol. The van der Waals surface area contributed by atoms with Gasteiger partial charge in [0.05, 0.1) is 14.2 Å². The van der Waals surface area contributed by atoms with Crippen LogP contribution in [0.15, 0.2) is 83.4 Å². The van der Waals surface area contributed by atoms with E-state index < -0.39 is 0 Å². The van der Waals surface area contributed by atoms with Crippen molar-refractivity contribution in [3.8, 4) is 34.3 Å². The van der Waals surface area contributed by atoms with Crippen LogP contribution in [0, 0.1) is 11.8 Å². The Morgan fingerprint density at radius 2 is 1.44 bits per heavy atom. The van der Waals surface area contributed by atoms with Crippen LogP contribution in [0.2, 0.25) is 0 Å². The summed E-state index contributed by atoms with van der Waals surface area (Å²) < 4.78 is 28.7. The molecule has 3 aliphatic rings. The highest BCUT2D eigenvalue weighted by molar-refractivity contribution is 5.65. The Labute approximate surface area is 241 Å². The summed E-state index contributed by atoms with van der Waals surface area (Å²) in [5.41, 5.74) is 3.72. The molecule has 41 heavy (non-hydrogen) atoms. The molecule has 3 aliphatic heterocycles. The summed E-state index contributed by atoms with van der Waals surface area (Å²) in [6.07, 6.45) is 6.97. The van der Waals surface area contributed by atoms with Gasteiger partial charge in [-0.05, 0) is 97.4 Å². The van der Waals surface area contributed by atoms with Gasteiger partial charge in [-0.25, -0.2) is 0 Å². The maximum absolute atomic E-state index is 6.28. The summed E-state index contributed by atoms with van der Waals surface area (Å²) in [5, 5.41) is 4.36. The lowest BCUT2D eigenvalue weighted by Gasteiger charge is -2.43. The van der Waals surface area contributed by atoms with E-state index in [1.807, 2.05) is 72.8 Å². The van der Waals surface area contributed by atoms with Crippen LogP contribution in [-0.2, 0) is 13.2 Å². The zero-order valence-corrected chi connectivity index (χ0v) is 23.6. The van der Waals surface area contributed by atoms with E-state index in [2.05, 4.69) is 22.2 Å². The number of piperidine rings is 3. The Morgan fingerprint density at radius 3 is 2.02 bits per heavy atom. The second-order valence-corrected chi connectivity index (χ2v) is 10.7. The Balaban J connectivity index is 1.19. The second-order valence-electron chi connectivity index (χ2n) is 10.7. The molecule has 1 aromatic heterocycles. The third-order valence-corrected chi connectivity index (χ3v) is 8.09. The lowest BCUT2D eigenvalue weighted by molar-refractivity contribution is 0.0739. The molecule has 7 rings (SSSR count). The molecule has 3 fully saturated rings. The highest BCUT2D eigenvalue weighted by Gasteiger charge is 2.32. The molecular formula is C34H36N2O5. The van der Waals surface area contributed by atoms with Crippen LogP contribution in [-0.4, -0.2) is 43.9 Å². The first-order valence-electron chi connectivity index (χ1n) is 14.2. The molecule has 1 unspecified atom stereocenters. The number of benzene rings is 3. The standard InChI is InChI=1S/C34H36N2O5/c1-37-29-9-3-24(4-10-29)22-39-33-14-8-27(19-34(33)40-23-25-5-11-30(38-2)12-6-25)32-20-31(41-35-32)13-7-28-21-36-17-15-26(28)16-18-36/h3-14,19-20,26,28H,15-18,21-23H2,1-2H3. The van der Waals surface area contributed by atoms with Crippen molar-refractivity contribution >= 4 is 6.08 Å². The van der Waals surface area contributed by atoms with Gasteiger partial charge in [0.15, 0.2) is 17.3 Å². The minimum Gasteiger partial charge on any atom is -0.497 e. The minimum atomic E-state index is 0.388. The summed E-state index contributed by atoms with van der Waals surface area (Å²) in [7, 11) is 3.32. The smallest absolute Gasteiger partial charge is 0.162 e. The van der Waals surface area contributed by atoms with Gasteiger partial charge >= 0.3 is 0 Å². The topological polar surface area (TPSA) is 66.2 Å². The highest BCUT2D eigenvalue weighted by atomic mass is 16.5. The average molecular weight is 553 g/mol. The Morgan fingerprint density at radius 1 is 0.805 bits per heavy atom. The SMILES string of the molecule is COc1ccc(COc2ccc(-c3cc(C=CC4CN5CCC4CC5)on3)cc2OCc2ccc(OC)cc2)cc1. The maximum Gasteiger partial charge on any atom is 0.162 e. The van der Waals surface area contributed by atoms with Crippen LogP contribution in [0.5, 0.6) is 23.0 Å². The molecule has 7 nitrogen and oxygen atoms in total. The Bertz CT molecular complexity index is 1450. The van der Waals surface area contributed by atoms with Gasteiger partial charge in [-0.3, -0.25) is 0 Å². The van der Waals surface area contributed by atoms with Gasteiger partial charge in [-0.2, -0.15) is 0 Å². The number of rotatable bonds is 11. The van der Waals surface area contributed by atoms with Crippen molar-refractivity contribution in [3.05, 3.63) is 95.8 Å². The molecule has 2 bridgehead atoms. The third-order valence-electron chi connectivity index (χ3n) is 8.09. The third kappa shape index (κ3) is 6.57. The number of fused-ring (bicyclic) bond motifs is 3. The molecule has 3 saturated heterocycles. The fourth-order valence-electron chi connectivity index (χ4n) is 5.62. The van der Waals surface area contributed by atoms with Crippen LogP contribution in [0.1, 0.15) is 29.7 Å². The van der Waals surface area contributed by atoms with Crippen LogP contribution >= 0.6 is 0 Å². The summed E-state index contributed by atoms with van der Waals surface area (Å²) >= 11 is 0. The lowest BCUT2D eigenvalue weighted by atomic mass is 9.79. The van der Waals surface area contributed by atoms with Crippen LogP contribution in [0.3, 0.4) is 0 Å². The Kier molecular flexibility index (Phi) is 8.23. The van der Waals surface area contributed by atoms with Crippen molar-refractivity contribution in [1.82, 2.24) is 10.1 Å². The minimum absolute atomic E-state index is 0.388. The van der Waals surface area contributed by atoms with E-state index in [-0.39, 0.29) is 0 Å². The predicted octanol–water partition coefficient (Wildman–Crippen LogP) is 6.87. The molecule has 0 radical (unpaired) electrons. The number of ether oxygens (including phenoxy) is 4. The van der Waals surface area contributed by atoms with Crippen LogP contribution in [0.25, 0.3) is 17.3 Å². The number of hydrogen-bond acceptors (Lipinski definition) is 7. The van der Waals surface area contributed by atoms with Crippen molar-refractivity contribution in [1.29, 1.82) is 0 Å². The van der Waals surface area contributed by atoms with Gasteiger partial charge in [-0.15, -0.1) is 0 Å². The highest BCUT2D eigenvalue weighted by Crippen LogP contribution is 2.35. The van der Waals surface area contributed by atoms with E-state index in [0.717, 1.165) is 52.1 Å². The van der Waals surface area contributed by atoms with E-state index in [9.17, 15) is 0 Å². The number of hydrogen-bond donors (Lipinski definition) is 0. The van der Waals surface area contributed by atoms with E-state index in [1.165, 1.54) is 25.9 Å². The first-order chi connectivity index (χ1) is 20.2. The lowest BCUT2D eigenvalue weighted by Crippen LogP contribution is -2.46. The molecule has 0 aliphatic carbocycles. The fraction of sp³-hybridized carbons (Fsp3) is 0.324. The molecular weight excluding hydrogens is 516 g/mol. The van der Waals surface area contributed by atoms with Crippen molar-refractivity contribution < 1.29 is 23.5 Å². The van der Waals surface area contributed by atoms with Crippen molar-refractivity contribution in [2.45, 2.75) is 26.1 Å². The van der Waals surface area contributed by atoms with Crippen molar-refractivity contribution in [3.63, 3.8) is 0 Å². The quantitative estimate of drug-likeness (QED) is 0.201. The molecule has 0 N–H and O–H groups in total. The molecule has 1 atom stereocenters. The number of aromatic nitrogens is 1. The summed E-state index contributed by atoms with van der Waals surface area (Å²) in [6.45, 7) is 4.42. The molecule has 212 valence electrons. The summed E-state index contributed by atoms with van der Waals surface area (Å²) in [4.78, 5) is 2.56. The Hall–Kier alpha value is -4.23. The van der Waals surface area contributed by atoms with E-state index in [0.29, 0.717) is 30.6 Å². The van der Waals surface area contributed by atoms with Crippen molar-refractivity contribution in [2.75, 3.05) is 33.9 Å². The van der Waals surface area contributed by atoms with Gasteiger partial charge in [0.25, 0.3) is 0 Å². The predicted molar refractivity (Wildman–Crippen MR) is 158 cm³/mol.